The summed E-state index contributed by atoms with van der Waals surface area (Å²) in [4.78, 5) is 15.3. The molecule has 0 aliphatic rings. The maximum absolute atomic E-state index is 11.4. The molecule has 0 aliphatic heterocycles. The van der Waals surface area contributed by atoms with E-state index in [0.717, 1.165) is 0 Å². The smallest absolute Gasteiger partial charge is 0.315 e. The van der Waals surface area contributed by atoms with E-state index in [9.17, 15) is 9.90 Å². The molecule has 0 saturated heterocycles. The van der Waals surface area contributed by atoms with E-state index in [1.807, 2.05) is 0 Å². The molecular formula is C13H12ClNO3. The Balaban J connectivity index is 0.00000162. The minimum atomic E-state index is -0.939. The number of nitrogens with zero attached hydrogens (tertiary/aromatic N) is 1. The standard InChI is InChI=1S/C13H10ClNO2.H2O/c14-11-6-2-1-5-10(11)12(13(16)17)9-4-3-7-15-8-9;/h1-8,12H,(H,16,17);1H2. The van der Waals surface area contributed by atoms with Crippen molar-refractivity contribution in [2.75, 3.05) is 0 Å². The predicted octanol–water partition coefficient (Wildman–Crippen LogP) is 2.13. The topological polar surface area (TPSA) is 81.7 Å². The summed E-state index contributed by atoms with van der Waals surface area (Å²) in [7, 11) is 0. The van der Waals surface area contributed by atoms with Crippen molar-refractivity contribution in [2.24, 2.45) is 0 Å². The van der Waals surface area contributed by atoms with Crippen LogP contribution in [0.15, 0.2) is 48.8 Å². The molecule has 0 bridgehead atoms. The minimum absolute atomic E-state index is 0. The lowest BCUT2D eigenvalue weighted by Gasteiger charge is -2.14. The van der Waals surface area contributed by atoms with Gasteiger partial charge in [-0.15, -0.1) is 0 Å². The molecule has 4 nitrogen and oxygen atoms in total. The Morgan fingerprint density at radius 2 is 1.94 bits per heavy atom. The fraction of sp³-hybridized carbons (Fsp3) is 0.0769. The highest BCUT2D eigenvalue weighted by Gasteiger charge is 2.24. The quantitative estimate of drug-likeness (QED) is 0.923. The van der Waals surface area contributed by atoms with E-state index in [-0.39, 0.29) is 5.48 Å². The zero-order valence-electron chi connectivity index (χ0n) is 9.38. The third-order valence-electron chi connectivity index (χ3n) is 2.48. The van der Waals surface area contributed by atoms with E-state index in [1.165, 1.54) is 0 Å². The maximum atomic E-state index is 11.4. The zero-order chi connectivity index (χ0) is 12.3. The van der Waals surface area contributed by atoms with Crippen LogP contribution in [0.1, 0.15) is 17.0 Å². The van der Waals surface area contributed by atoms with Gasteiger partial charge in [-0.25, -0.2) is 0 Å². The molecule has 3 N–H and O–H groups in total. The normalized spacial score (nSPS) is 11.4. The number of carboxylic acid groups (broad SMARTS) is 1. The molecule has 0 amide bonds. The molecule has 0 saturated carbocycles. The van der Waals surface area contributed by atoms with Crippen LogP contribution in [0.25, 0.3) is 0 Å². The van der Waals surface area contributed by atoms with Crippen molar-refractivity contribution in [3.63, 3.8) is 0 Å². The van der Waals surface area contributed by atoms with Crippen LogP contribution in [-0.2, 0) is 4.79 Å². The average molecular weight is 266 g/mol. The molecule has 2 aromatic rings. The molecule has 0 aliphatic carbocycles. The highest BCUT2D eigenvalue weighted by Crippen LogP contribution is 2.29. The maximum Gasteiger partial charge on any atom is 0.315 e. The summed E-state index contributed by atoms with van der Waals surface area (Å²) >= 11 is 6.03. The number of rotatable bonds is 3. The molecule has 0 radical (unpaired) electrons. The summed E-state index contributed by atoms with van der Waals surface area (Å²) in [5.41, 5.74) is 1.20. The Kier molecular flexibility index (Phi) is 4.83. The first-order valence-electron chi connectivity index (χ1n) is 5.07. The van der Waals surface area contributed by atoms with Crippen LogP contribution in [-0.4, -0.2) is 21.5 Å². The second-order valence-electron chi connectivity index (χ2n) is 3.58. The molecule has 94 valence electrons. The summed E-state index contributed by atoms with van der Waals surface area (Å²) in [6.07, 6.45) is 3.15. The van der Waals surface area contributed by atoms with Gasteiger partial charge in [-0.1, -0.05) is 35.9 Å². The van der Waals surface area contributed by atoms with Gasteiger partial charge in [-0.05, 0) is 23.3 Å². The molecule has 18 heavy (non-hydrogen) atoms. The molecular weight excluding hydrogens is 254 g/mol. The first-order valence-corrected chi connectivity index (χ1v) is 5.45. The van der Waals surface area contributed by atoms with Crippen LogP contribution >= 0.6 is 11.6 Å². The van der Waals surface area contributed by atoms with Gasteiger partial charge in [-0.2, -0.15) is 0 Å². The molecule has 1 heterocycles. The van der Waals surface area contributed by atoms with E-state index in [4.69, 9.17) is 11.6 Å². The lowest BCUT2D eigenvalue weighted by atomic mass is 9.92. The first kappa shape index (κ1) is 14.2. The van der Waals surface area contributed by atoms with Crippen LogP contribution < -0.4 is 0 Å². The van der Waals surface area contributed by atoms with Crippen molar-refractivity contribution in [1.29, 1.82) is 0 Å². The number of hydrogen-bond acceptors (Lipinski definition) is 2. The molecule has 1 aromatic carbocycles. The third-order valence-corrected chi connectivity index (χ3v) is 2.83. The van der Waals surface area contributed by atoms with Gasteiger partial charge >= 0.3 is 5.97 Å². The van der Waals surface area contributed by atoms with Gasteiger partial charge in [0.25, 0.3) is 0 Å². The Labute approximate surface area is 109 Å². The van der Waals surface area contributed by atoms with Gasteiger partial charge < -0.3 is 10.6 Å². The number of pyridine rings is 1. The van der Waals surface area contributed by atoms with E-state index < -0.39 is 11.9 Å². The van der Waals surface area contributed by atoms with Crippen LogP contribution in [0, 0.1) is 0 Å². The van der Waals surface area contributed by atoms with Gasteiger partial charge in [0.1, 0.15) is 5.92 Å². The monoisotopic (exact) mass is 265 g/mol. The minimum Gasteiger partial charge on any atom is -0.481 e. The molecule has 0 fully saturated rings. The van der Waals surface area contributed by atoms with Crippen molar-refractivity contribution in [2.45, 2.75) is 5.92 Å². The molecule has 5 heteroatoms. The van der Waals surface area contributed by atoms with Gasteiger partial charge in [0.05, 0.1) is 0 Å². The highest BCUT2D eigenvalue weighted by molar-refractivity contribution is 6.31. The second-order valence-corrected chi connectivity index (χ2v) is 3.99. The summed E-state index contributed by atoms with van der Waals surface area (Å²) < 4.78 is 0. The van der Waals surface area contributed by atoms with Gasteiger partial charge in [0.15, 0.2) is 0 Å². The lowest BCUT2D eigenvalue weighted by Crippen LogP contribution is -2.13. The van der Waals surface area contributed by atoms with E-state index >= 15 is 0 Å². The van der Waals surface area contributed by atoms with Crippen molar-refractivity contribution >= 4 is 17.6 Å². The van der Waals surface area contributed by atoms with Crippen molar-refractivity contribution < 1.29 is 15.4 Å². The van der Waals surface area contributed by atoms with Crippen LogP contribution in [0.5, 0.6) is 0 Å². The van der Waals surface area contributed by atoms with E-state index in [0.29, 0.717) is 16.1 Å². The Morgan fingerprint density at radius 1 is 1.22 bits per heavy atom. The fourth-order valence-electron chi connectivity index (χ4n) is 1.71. The number of aromatic nitrogens is 1. The van der Waals surface area contributed by atoms with Crippen LogP contribution in [0.3, 0.4) is 0 Å². The van der Waals surface area contributed by atoms with Gasteiger partial charge in [-0.3, -0.25) is 9.78 Å². The summed E-state index contributed by atoms with van der Waals surface area (Å²) in [6, 6.07) is 10.4. The SMILES string of the molecule is O.O=C(O)C(c1cccnc1)c1ccccc1Cl. The second kappa shape index (κ2) is 6.14. The zero-order valence-corrected chi connectivity index (χ0v) is 10.1. The molecule has 2 rings (SSSR count). The summed E-state index contributed by atoms with van der Waals surface area (Å²) in [5, 5.41) is 9.77. The predicted molar refractivity (Wildman–Crippen MR) is 68.8 cm³/mol. The Morgan fingerprint density at radius 3 is 2.50 bits per heavy atom. The Bertz CT molecular complexity index is 531. The third kappa shape index (κ3) is 2.85. The van der Waals surface area contributed by atoms with Crippen molar-refractivity contribution in [3.8, 4) is 0 Å². The largest absolute Gasteiger partial charge is 0.481 e. The van der Waals surface area contributed by atoms with Gasteiger partial charge in [0.2, 0.25) is 0 Å². The number of hydrogen-bond donors (Lipinski definition) is 1. The number of carbonyl (C=O) groups is 1. The molecule has 0 spiro atoms. The van der Waals surface area contributed by atoms with Crippen molar-refractivity contribution in [3.05, 3.63) is 64.9 Å². The molecule has 1 unspecified atom stereocenters. The van der Waals surface area contributed by atoms with Gasteiger partial charge in [0, 0.05) is 17.4 Å². The lowest BCUT2D eigenvalue weighted by molar-refractivity contribution is -0.137. The summed E-state index contributed by atoms with van der Waals surface area (Å²) in [5.74, 6) is -1.72. The van der Waals surface area contributed by atoms with E-state index in [2.05, 4.69) is 4.98 Å². The highest BCUT2D eigenvalue weighted by atomic mass is 35.5. The number of halogens is 1. The Hall–Kier alpha value is -1.91. The average Bonchev–Trinajstić information content (AvgIpc) is 2.33. The first-order chi connectivity index (χ1) is 8.20. The molecule has 1 aromatic heterocycles. The summed E-state index contributed by atoms with van der Waals surface area (Å²) in [6.45, 7) is 0. The van der Waals surface area contributed by atoms with E-state index in [1.54, 1.807) is 48.8 Å². The van der Waals surface area contributed by atoms with Crippen LogP contribution in [0.4, 0.5) is 0 Å². The molecule has 1 atom stereocenters. The van der Waals surface area contributed by atoms with Crippen molar-refractivity contribution in [1.82, 2.24) is 4.98 Å². The number of carboxylic acids is 1. The number of benzene rings is 1. The van der Waals surface area contributed by atoms with Crippen LogP contribution in [0.2, 0.25) is 5.02 Å². The fourth-order valence-corrected chi connectivity index (χ4v) is 1.96. The number of aliphatic carboxylic acids is 1.